The first kappa shape index (κ1) is 9.82. The molecular formula is C9H5F3N2O. The van der Waals surface area contributed by atoms with Crippen molar-refractivity contribution in [3.8, 4) is 0 Å². The molecule has 0 amide bonds. The first-order valence-electron chi connectivity index (χ1n) is 4.06. The summed E-state index contributed by atoms with van der Waals surface area (Å²) in [7, 11) is 0. The summed E-state index contributed by atoms with van der Waals surface area (Å²) in [6.45, 7) is 0. The molecule has 0 atom stereocenters. The number of carbonyl (C=O) groups is 1. The molecule has 0 unspecified atom stereocenters. The lowest BCUT2D eigenvalue weighted by molar-refractivity contribution is -0.166. The molecule has 0 aromatic heterocycles. The molecule has 3 nitrogen and oxygen atoms in total. The normalized spacial score (nSPS) is 17.5. The van der Waals surface area contributed by atoms with Gasteiger partial charge in [0.15, 0.2) is 0 Å². The Bertz CT molecular complexity index is 416. The Hall–Kier alpha value is -1.72. The van der Waals surface area contributed by atoms with Gasteiger partial charge in [0.25, 0.3) is 0 Å². The van der Waals surface area contributed by atoms with Crippen LogP contribution in [0, 0.1) is 0 Å². The maximum atomic E-state index is 12.5. The molecule has 0 saturated heterocycles. The van der Waals surface area contributed by atoms with Gasteiger partial charge in [-0.25, -0.2) is 0 Å². The summed E-state index contributed by atoms with van der Waals surface area (Å²) < 4.78 is 37.5. The number of carbonyl (C=O) groups excluding carboxylic acids is 1. The van der Waals surface area contributed by atoms with Crippen LogP contribution in [0.15, 0.2) is 34.5 Å². The van der Waals surface area contributed by atoms with Crippen LogP contribution in [0.2, 0.25) is 0 Å². The van der Waals surface area contributed by atoms with Crippen molar-refractivity contribution in [1.29, 1.82) is 0 Å². The summed E-state index contributed by atoms with van der Waals surface area (Å²) in [6.07, 6.45) is -3.96. The lowest BCUT2D eigenvalue weighted by Crippen LogP contribution is -2.30. The molecule has 0 aliphatic carbocycles. The Labute approximate surface area is 82.6 Å². The maximum Gasteiger partial charge on any atom is 0.442 e. The van der Waals surface area contributed by atoms with Crippen molar-refractivity contribution in [2.75, 3.05) is 0 Å². The average molecular weight is 214 g/mol. The largest absolute Gasteiger partial charge is 0.442 e. The van der Waals surface area contributed by atoms with Crippen molar-refractivity contribution in [3.05, 3.63) is 35.4 Å². The lowest BCUT2D eigenvalue weighted by Gasteiger charge is -2.14. The van der Waals surface area contributed by atoms with E-state index < -0.39 is 11.8 Å². The van der Waals surface area contributed by atoms with Crippen LogP contribution in [0.25, 0.3) is 0 Å². The molecule has 0 bridgehead atoms. The zero-order valence-electron chi connectivity index (χ0n) is 7.32. The zero-order chi connectivity index (χ0) is 11.1. The van der Waals surface area contributed by atoms with Crippen molar-refractivity contribution in [2.24, 2.45) is 10.2 Å². The monoisotopic (exact) mass is 214 g/mol. The molecule has 78 valence electrons. The molecule has 15 heavy (non-hydrogen) atoms. The molecule has 0 radical (unpaired) electrons. The van der Waals surface area contributed by atoms with E-state index in [4.69, 9.17) is 0 Å². The Kier molecular flexibility index (Phi) is 1.89. The van der Waals surface area contributed by atoms with Gasteiger partial charge in [0.1, 0.15) is 6.29 Å². The van der Waals surface area contributed by atoms with Gasteiger partial charge in [0.05, 0.1) is 0 Å². The molecule has 0 N–H and O–H groups in total. The summed E-state index contributed by atoms with van der Waals surface area (Å²) in [5, 5.41) is 6.09. The van der Waals surface area contributed by atoms with Crippen molar-refractivity contribution in [2.45, 2.75) is 11.8 Å². The number of benzene rings is 1. The van der Waals surface area contributed by atoms with E-state index >= 15 is 0 Å². The van der Waals surface area contributed by atoms with E-state index in [1.165, 1.54) is 24.3 Å². The minimum Gasteiger partial charge on any atom is -0.298 e. The number of nitrogens with zero attached hydrogens (tertiary/aromatic N) is 2. The number of hydrogen-bond acceptors (Lipinski definition) is 3. The minimum absolute atomic E-state index is 0.0689. The van der Waals surface area contributed by atoms with Crippen LogP contribution in [-0.4, -0.2) is 12.5 Å². The molecule has 1 heterocycles. The molecular weight excluding hydrogens is 209 g/mol. The Morgan fingerprint density at radius 2 is 1.67 bits per heavy atom. The molecule has 1 aliphatic rings. The van der Waals surface area contributed by atoms with Gasteiger partial charge in [-0.2, -0.15) is 13.2 Å². The number of alkyl halides is 3. The number of rotatable bonds is 2. The molecule has 2 rings (SSSR count). The summed E-state index contributed by atoms with van der Waals surface area (Å²) in [5.74, 6) is 0. The number of aldehydes is 1. The number of hydrogen-bond donors (Lipinski definition) is 0. The lowest BCUT2D eigenvalue weighted by atomic mass is 10.0. The van der Waals surface area contributed by atoms with Crippen LogP contribution in [0.3, 0.4) is 0 Å². The first-order valence-corrected chi connectivity index (χ1v) is 4.06. The van der Waals surface area contributed by atoms with Crippen LogP contribution in [0.1, 0.15) is 15.9 Å². The highest BCUT2D eigenvalue weighted by molar-refractivity contribution is 5.74. The Morgan fingerprint density at radius 1 is 1.13 bits per heavy atom. The van der Waals surface area contributed by atoms with Gasteiger partial charge in [-0.15, -0.1) is 10.2 Å². The molecule has 1 aromatic rings. The van der Waals surface area contributed by atoms with E-state index in [9.17, 15) is 18.0 Å². The third-order valence-electron chi connectivity index (χ3n) is 2.14. The fraction of sp³-hybridized carbons (Fsp3) is 0.222. The SMILES string of the molecule is O=Cc1ccc(C2(C(F)(F)F)N=N2)cc1. The second-order valence-corrected chi connectivity index (χ2v) is 3.11. The summed E-state index contributed by atoms with van der Waals surface area (Å²) in [6, 6.07) is 5.02. The minimum atomic E-state index is -4.52. The molecule has 6 heteroatoms. The summed E-state index contributed by atoms with van der Waals surface area (Å²) in [5.41, 5.74) is -2.15. The van der Waals surface area contributed by atoms with Crippen molar-refractivity contribution >= 4 is 6.29 Å². The van der Waals surface area contributed by atoms with Crippen molar-refractivity contribution < 1.29 is 18.0 Å². The second kappa shape index (κ2) is 2.88. The summed E-state index contributed by atoms with van der Waals surface area (Å²) >= 11 is 0. The van der Waals surface area contributed by atoms with Crippen LogP contribution < -0.4 is 0 Å². The van der Waals surface area contributed by atoms with E-state index in [1.54, 1.807) is 0 Å². The molecule has 0 fully saturated rings. The fourth-order valence-electron chi connectivity index (χ4n) is 1.24. The van der Waals surface area contributed by atoms with Gasteiger partial charge in [-0.1, -0.05) is 24.3 Å². The quantitative estimate of drug-likeness (QED) is 0.698. The summed E-state index contributed by atoms with van der Waals surface area (Å²) in [4.78, 5) is 10.3. The van der Waals surface area contributed by atoms with E-state index in [-0.39, 0.29) is 5.56 Å². The number of halogens is 3. The third-order valence-corrected chi connectivity index (χ3v) is 2.14. The third kappa shape index (κ3) is 1.42. The van der Waals surface area contributed by atoms with Gasteiger partial charge in [0.2, 0.25) is 0 Å². The first-order chi connectivity index (χ1) is 6.99. The van der Waals surface area contributed by atoms with Crippen molar-refractivity contribution in [3.63, 3.8) is 0 Å². The van der Waals surface area contributed by atoms with E-state index in [2.05, 4.69) is 10.2 Å². The highest BCUT2D eigenvalue weighted by Gasteiger charge is 2.65. The maximum absolute atomic E-state index is 12.5. The smallest absolute Gasteiger partial charge is 0.298 e. The van der Waals surface area contributed by atoms with Gasteiger partial charge in [0, 0.05) is 11.1 Å². The second-order valence-electron chi connectivity index (χ2n) is 3.11. The average Bonchev–Trinajstić information content (AvgIpc) is 2.98. The molecule has 0 spiro atoms. The predicted molar refractivity (Wildman–Crippen MR) is 44.4 cm³/mol. The predicted octanol–water partition coefficient (Wildman–Crippen LogP) is 2.68. The van der Waals surface area contributed by atoms with Crippen LogP contribution in [0.5, 0.6) is 0 Å². The fourth-order valence-corrected chi connectivity index (χ4v) is 1.24. The molecule has 0 saturated carbocycles. The Balaban J connectivity index is 2.35. The topological polar surface area (TPSA) is 41.8 Å². The van der Waals surface area contributed by atoms with Crippen LogP contribution in [0.4, 0.5) is 13.2 Å². The van der Waals surface area contributed by atoms with Gasteiger partial charge < -0.3 is 0 Å². The van der Waals surface area contributed by atoms with E-state index in [1.807, 2.05) is 0 Å². The van der Waals surface area contributed by atoms with E-state index in [0.29, 0.717) is 11.8 Å². The Morgan fingerprint density at radius 3 is 2.00 bits per heavy atom. The van der Waals surface area contributed by atoms with Gasteiger partial charge in [-0.3, -0.25) is 4.79 Å². The zero-order valence-corrected chi connectivity index (χ0v) is 7.32. The van der Waals surface area contributed by atoms with Crippen LogP contribution >= 0.6 is 0 Å². The standard InChI is InChI=1S/C9H5F3N2O/c10-9(11,12)8(13-14-8)7-3-1-6(5-15)2-4-7/h1-5H. The highest BCUT2D eigenvalue weighted by Crippen LogP contribution is 2.52. The molecule has 1 aliphatic heterocycles. The van der Waals surface area contributed by atoms with Gasteiger partial charge in [-0.05, 0) is 0 Å². The van der Waals surface area contributed by atoms with Crippen LogP contribution in [-0.2, 0) is 5.66 Å². The molecule has 1 aromatic carbocycles. The van der Waals surface area contributed by atoms with Crippen molar-refractivity contribution in [1.82, 2.24) is 0 Å². The highest BCUT2D eigenvalue weighted by atomic mass is 19.4. The van der Waals surface area contributed by atoms with Gasteiger partial charge >= 0.3 is 11.8 Å². The van der Waals surface area contributed by atoms with E-state index in [0.717, 1.165) is 0 Å².